The summed E-state index contributed by atoms with van der Waals surface area (Å²) in [7, 11) is 0. The number of aromatic nitrogens is 1. The van der Waals surface area contributed by atoms with Crippen LogP contribution in [0.5, 0.6) is 0 Å². The van der Waals surface area contributed by atoms with Crippen LogP contribution in [0.25, 0.3) is 0 Å². The van der Waals surface area contributed by atoms with Gasteiger partial charge in [-0.05, 0) is 37.1 Å². The van der Waals surface area contributed by atoms with E-state index in [0.29, 0.717) is 11.3 Å². The van der Waals surface area contributed by atoms with Gasteiger partial charge >= 0.3 is 0 Å². The molecule has 5 heteroatoms. The molecule has 23 heavy (non-hydrogen) atoms. The first kappa shape index (κ1) is 15.0. The van der Waals surface area contributed by atoms with E-state index in [1.54, 1.807) is 12.3 Å². The first-order valence-corrected chi connectivity index (χ1v) is 7.73. The van der Waals surface area contributed by atoms with Crippen LogP contribution in [-0.4, -0.2) is 30.0 Å². The normalized spacial score (nSPS) is 15.0. The maximum absolute atomic E-state index is 12.2. The van der Waals surface area contributed by atoms with Crippen LogP contribution in [0.2, 0.25) is 0 Å². The average Bonchev–Trinajstić information content (AvgIpc) is 2.63. The fourth-order valence-corrected chi connectivity index (χ4v) is 2.78. The van der Waals surface area contributed by atoms with Crippen molar-refractivity contribution >= 4 is 11.6 Å². The number of carbonyl (C=O) groups is 1. The van der Waals surface area contributed by atoms with Gasteiger partial charge in [0, 0.05) is 24.7 Å². The second-order valence-corrected chi connectivity index (χ2v) is 5.61. The van der Waals surface area contributed by atoms with Crippen molar-refractivity contribution in [3.63, 3.8) is 0 Å². The first-order valence-electron chi connectivity index (χ1n) is 7.73. The molecule has 2 aromatic rings. The highest BCUT2D eigenvalue weighted by atomic mass is 16.1. The van der Waals surface area contributed by atoms with Gasteiger partial charge in [-0.25, -0.2) is 4.98 Å². The number of piperidine rings is 1. The van der Waals surface area contributed by atoms with E-state index in [9.17, 15) is 4.79 Å². The van der Waals surface area contributed by atoms with Gasteiger partial charge in [0.15, 0.2) is 0 Å². The molecular formula is C18H18N4O. The van der Waals surface area contributed by atoms with E-state index in [1.807, 2.05) is 42.5 Å². The van der Waals surface area contributed by atoms with Crippen LogP contribution in [0.4, 0.5) is 5.69 Å². The summed E-state index contributed by atoms with van der Waals surface area (Å²) in [6.45, 7) is 1.74. The number of nitriles is 1. The highest BCUT2D eigenvalue weighted by molar-refractivity contribution is 5.94. The van der Waals surface area contributed by atoms with Crippen molar-refractivity contribution in [2.24, 2.45) is 0 Å². The molecule has 1 saturated heterocycles. The van der Waals surface area contributed by atoms with Gasteiger partial charge < -0.3 is 10.2 Å². The van der Waals surface area contributed by atoms with Gasteiger partial charge in [-0.3, -0.25) is 4.79 Å². The molecule has 1 fully saturated rings. The second-order valence-electron chi connectivity index (χ2n) is 5.61. The summed E-state index contributed by atoms with van der Waals surface area (Å²) in [5.41, 5.74) is 2.15. The second kappa shape index (κ2) is 6.93. The average molecular weight is 306 g/mol. The summed E-state index contributed by atoms with van der Waals surface area (Å²) in [5, 5.41) is 11.9. The number of anilines is 1. The van der Waals surface area contributed by atoms with Crippen LogP contribution in [0.15, 0.2) is 48.7 Å². The molecule has 1 aliphatic heterocycles. The summed E-state index contributed by atoms with van der Waals surface area (Å²) in [4.78, 5) is 18.5. The Bertz CT molecular complexity index is 698. The Balaban J connectivity index is 1.54. The molecule has 116 valence electrons. The molecule has 1 aromatic carbocycles. The lowest BCUT2D eigenvalue weighted by molar-refractivity contribution is 0.0931. The number of nitrogens with one attached hydrogen (secondary N) is 1. The van der Waals surface area contributed by atoms with Gasteiger partial charge in [-0.1, -0.05) is 18.2 Å². The van der Waals surface area contributed by atoms with E-state index in [0.717, 1.165) is 31.6 Å². The molecule has 5 nitrogen and oxygen atoms in total. The van der Waals surface area contributed by atoms with Gasteiger partial charge in [-0.15, -0.1) is 0 Å². The zero-order valence-corrected chi connectivity index (χ0v) is 12.8. The molecule has 0 saturated carbocycles. The predicted octanol–water partition coefficient (Wildman–Crippen LogP) is 2.35. The van der Waals surface area contributed by atoms with Gasteiger partial charge in [-0.2, -0.15) is 5.26 Å². The fourth-order valence-electron chi connectivity index (χ4n) is 2.78. The Morgan fingerprint density at radius 2 is 1.91 bits per heavy atom. The molecule has 1 aromatic heterocycles. The van der Waals surface area contributed by atoms with Crippen LogP contribution in [-0.2, 0) is 0 Å². The van der Waals surface area contributed by atoms with Crippen molar-refractivity contribution in [1.82, 2.24) is 10.3 Å². The molecule has 1 aliphatic rings. The molecule has 1 N–H and O–H groups in total. The maximum Gasteiger partial charge on any atom is 0.251 e. The summed E-state index contributed by atoms with van der Waals surface area (Å²) < 4.78 is 0. The quantitative estimate of drug-likeness (QED) is 0.945. The number of hydrogen-bond acceptors (Lipinski definition) is 4. The Hall–Kier alpha value is -2.87. The zero-order chi connectivity index (χ0) is 16.1. The largest absolute Gasteiger partial charge is 0.370 e. The van der Waals surface area contributed by atoms with Gasteiger partial charge in [0.1, 0.15) is 11.8 Å². The van der Waals surface area contributed by atoms with Crippen LogP contribution in [0.3, 0.4) is 0 Å². The Morgan fingerprint density at radius 1 is 1.17 bits per heavy atom. The third kappa shape index (κ3) is 3.67. The number of benzene rings is 1. The summed E-state index contributed by atoms with van der Waals surface area (Å²) >= 11 is 0. The van der Waals surface area contributed by atoms with Crippen LogP contribution in [0.1, 0.15) is 28.9 Å². The number of hydrogen-bond donors (Lipinski definition) is 1. The summed E-state index contributed by atoms with van der Waals surface area (Å²) in [5.74, 6) is -0.0101. The monoisotopic (exact) mass is 306 g/mol. The highest BCUT2D eigenvalue weighted by Gasteiger charge is 2.21. The van der Waals surface area contributed by atoms with Crippen molar-refractivity contribution in [2.75, 3.05) is 18.0 Å². The van der Waals surface area contributed by atoms with Crippen molar-refractivity contribution in [3.05, 3.63) is 59.9 Å². The van der Waals surface area contributed by atoms with Gasteiger partial charge in [0.25, 0.3) is 5.91 Å². The fraction of sp³-hybridized carbons (Fsp3) is 0.278. The minimum Gasteiger partial charge on any atom is -0.370 e. The van der Waals surface area contributed by atoms with E-state index in [1.165, 1.54) is 0 Å². The summed E-state index contributed by atoms with van der Waals surface area (Å²) in [6.07, 6.45) is 3.54. The molecular weight excluding hydrogens is 288 g/mol. The minimum atomic E-state index is -0.0101. The predicted molar refractivity (Wildman–Crippen MR) is 88.1 cm³/mol. The number of amides is 1. The molecule has 0 aliphatic carbocycles. The molecule has 0 atom stereocenters. The number of nitrogens with zero attached hydrogens (tertiary/aromatic N) is 3. The maximum atomic E-state index is 12.2. The van der Waals surface area contributed by atoms with Crippen molar-refractivity contribution in [3.8, 4) is 6.07 Å². The van der Waals surface area contributed by atoms with Gasteiger partial charge in [0.2, 0.25) is 0 Å². The Kier molecular flexibility index (Phi) is 4.53. The van der Waals surface area contributed by atoms with Crippen molar-refractivity contribution < 1.29 is 4.79 Å². The first-order chi connectivity index (χ1) is 11.3. The number of pyridine rings is 1. The molecule has 0 unspecified atom stereocenters. The lowest BCUT2D eigenvalue weighted by Crippen LogP contribution is -2.44. The minimum absolute atomic E-state index is 0.0101. The topological polar surface area (TPSA) is 69.0 Å². The van der Waals surface area contributed by atoms with Gasteiger partial charge in [0.05, 0.1) is 11.9 Å². The lowest BCUT2D eigenvalue weighted by Gasteiger charge is -2.33. The number of carbonyl (C=O) groups excluding carboxylic acids is 1. The third-order valence-corrected chi connectivity index (χ3v) is 4.09. The molecule has 0 spiro atoms. The van der Waals surface area contributed by atoms with E-state index >= 15 is 0 Å². The highest BCUT2D eigenvalue weighted by Crippen LogP contribution is 2.19. The zero-order valence-electron chi connectivity index (χ0n) is 12.8. The molecule has 0 bridgehead atoms. The third-order valence-electron chi connectivity index (χ3n) is 4.09. The molecule has 3 rings (SSSR count). The van der Waals surface area contributed by atoms with Crippen LogP contribution in [0, 0.1) is 11.3 Å². The van der Waals surface area contributed by atoms with E-state index in [2.05, 4.69) is 15.2 Å². The lowest BCUT2D eigenvalue weighted by atomic mass is 10.0. The molecule has 2 heterocycles. The van der Waals surface area contributed by atoms with Crippen LogP contribution >= 0.6 is 0 Å². The molecule has 0 radical (unpaired) electrons. The summed E-state index contributed by atoms with van der Waals surface area (Å²) in [6, 6.07) is 15.2. The SMILES string of the molecule is N#Cc1ccc(N2CCC(NC(=O)c3ccccc3)CC2)cn1. The van der Waals surface area contributed by atoms with E-state index < -0.39 is 0 Å². The van der Waals surface area contributed by atoms with Crippen molar-refractivity contribution in [1.29, 1.82) is 5.26 Å². The van der Waals surface area contributed by atoms with E-state index in [4.69, 9.17) is 5.26 Å². The van der Waals surface area contributed by atoms with Crippen molar-refractivity contribution in [2.45, 2.75) is 18.9 Å². The number of rotatable bonds is 3. The molecule has 1 amide bonds. The van der Waals surface area contributed by atoms with Crippen LogP contribution < -0.4 is 10.2 Å². The smallest absolute Gasteiger partial charge is 0.251 e. The standard InChI is InChI=1S/C18H18N4O/c19-12-16-6-7-17(13-20-16)22-10-8-15(9-11-22)21-18(23)14-4-2-1-3-5-14/h1-7,13,15H,8-11H2,(H,21,23). The Morgan fingerprint density at radius 3 is 2.52 bits per heavy atom. The van der Waals surface area contributed by atoms with E-state index in [-0.39, 0.29) is 11.9 Å². The Labute approximate surface area is 135 Å².